The van der Waals surface area contributed by atoms with Gasteiger partial charge in [0.15, 0.2) is 0 Å². The van der Waals surface area contributed by atoms with Crippen LogP contribution in [0.25, 0.3) is 0 Å². The highest BCUT2D eigenvalue weighted by Gasteiger charge is 2.27. The predicted molar refractivity (Wildman–Crippen MR) is 264 cm³/mol. The monoisotopic (exact) mass is 787 g/mol. The van der Waals surface area contributed by atoms with Gasteiger partial charge in [-0.3, -0.25) is 0 Å². The fourth-order valence-corrected chi connectivity index (χ4v) is 9.33. The van der Waals surface area contributed by atoms with Crippen molar-refractivity contribution in [2.24, 2.45) is 0 Å². The van der Waals surface area contributed by atoms with Crippen LogP contribution in [0.3, 0.4) is 0 Å². The Morgan fingerprint density at radius 3 is 0.931 bits per heavy atom. The summed E-state index contributed by atoms with van der Waals surface area (Å²) in [5.41, 5.74) is 26.7. The standard InChI is InChI=1S/C53H76.C3H8.C2H6/c1-31(2)42-23-40(28-47(37(42)8)51(13,14)15)25-44-34(5)43(24-39-22-32(3)33(4)46(27-39)50(10,11)12)35(6)45(36(44)7)26-41-29-48(52(16,17)18)38(9)49(30-41)53(19,20)21;1-3-2;1-2/h22-23,27-31H,24-26H2,1-21H3;3H2,1-2H3;1-2H3. The molecule has 4 aromatic carbocycles. The van der Waals surface area contributed by atoms with E-state index in [0.29, 0.717) is 5.92 Å². The Kier molecular flexibility index (Phi) is 17.2. The zero-order valence-corrected chi connectivity index (χ0v) is 42.9. The molecule has 0 fully saturated rings. The first-order chi connectivity index (χ1) is 26.4. The second-order valence-electron chi connectivity index (χ2n) is 22.0. The second kappa shape index (κ2) is 19.5. The van der Waals surface area contributed by atoms with Gasteiger partial charge in [0.25, 0.3) is 0 Å². The van der Waals surface area contributed by atoms with Crippen molar-refractivity contribution in [3.05, 3.63) is 137 Å². The van der Waals surface area contributed by atoms with Crippen LogP contribution in [0.2, 0.25) is 0 Å². The molecule has 0 aliphatic carbocycles. The molecular weight excluding hydrogens is 697 g/mol. The summed E-state index contributed by atoms with van der Waals surface area (Å²) in [5.74, 6) is 0.486. The van der Waals surface area contributed by atoms with Crippen molar-refractivity contribution in [1.29, 1.82) is 0 Å². The Balaban J connectivity index is 0.00000221. The van der Waals surface area contributed by atoms with Gasteiger partial charge in [0, 0.05) is 0 Å². The van der Waals surface area contributed by atoms with Gasteiger partial charge in [-0.1, -0.05) is 167 Å². The molecule has 0 amide bonds. The van der Waals surface area contributed by atoms with Crippen LogP contribution in [0.5, 0.6) is 0 Å². The largest absolute Gasteiger partial charge is 0.0683 e. The Morgan fingerprint density at radius 1 is 0.379 bits per heavy atom. The van der Waals surface area contributed by atoms with E-state index < -0.39 is 0 Å². The van der Waals surface area contributed by atoms with E-state index in [-0.39, 0.29) is 21.7 Å². The summed E-state index contributed by atoms with van der Waals surface area (Å²) in [4.78, 5) is 0. The highest BCUT2D eigenvalue weighted by Crippen LogP contribution is 2.39. The quantitative estimate of drug-likeness (QED) is 0.175. The van der Waals surface area contributed by atoms with Crippen molar-refractivity contribution in [1.82, 2.24) is 0 Å². The first kappa shape index (κ1) is 51.0. The molecule has 58 heavy (non-hydrogen) atoms. The Hall–Kier alpha value is -3.12. The highest BCUT2D eigenvalue weighted by atomic mass is 14.3. The first-order valence-electron chi connectivity index (χ1n) is 22.9. The van der Waals surface area contributed by atoms with E-state index >= 15 is 0 Å². The third-order valence-corrected chi connectivity index (χ3v) is 12.4. The van der Waals surface area contributed by atoms with E-state index in [9.17, 15) is 0 Å². The number of rotatable bonds is 7. The summed E-state index contributed by atoms with van der Waals surface area (Å²) in [6.45, 7) is 57.9. The van der Waals surface area contributed by atoms with Crippen molar-refractivity contribution >= 4 is 0 Å². The summed E-state index contributed by atoms with van der Waals surface area (Å²) in [6, 6.07) is 15.1. The van der Waals surface area contributed by atoms with Crippen LogP contribution in [0.1, 0.15) is 237 Å². The normalized spacial score (nSPS) is 12.3. The van der Waals surface area contributed by atoms with Crippen molar-refractivity contribution in [3.8, 4) is 0 Å². The van der Waals surface area contributed by atoms with E-state index in [1.54, 1.807) is 0 Å². The minimum atomic E-state index is 0.0756. The van der Waals surface area contributed by atoms with E-state index in [4.69, 9.17) is 0 Å². The molecule has 0 unspecified atom stereocenters. The summed E-state index contributed by atoms with van der Waals surface area (Å²) < 4.78 is 0. The van der Waals surface area contributed by atoms with Gasteiger partial charge in [0.1, 0.15) is 0 Å². The summed E-state index contributed by atoms with van der Waals surface area (Å²) in [7, 11) is 0. The van der Waals surface area contributed by atoms with Crippen LogP contribution in [0.15, 0.2) is 36.4 Å². The van der Waals surface area contributed by atoms with Crippen LogP contribution in [0.4, 0.5) is 0 Å². The third-order valence-electron chi connectivity index (χ3n) is 12.4. The van der Waals surface area contributed by atoms with Gasteiger partial charge >= 0.3 is 0 Å². The molecular formula is C58H90. The number of aryl methyl sites for hydroxylation is 1. The van der Waals surface area contributed by atoms with Gasteiger partial charge in [-0.15, -0.1) is 0 Å². The molecule has 0 aliphatic heterocycles. The van der Waals surface area contributed by atoms with Crippen molar-refractivity contribution in [2.45, 2.75) is 226 Å². The summed E-state index contributed by atoms with van der Waals surface area (Å²) in [5, 5.41) is 0. The molecule has 0 heteroatoms. The maximum Gasteiger partial charge on any atom is -0.00201 e. The van der Waals surface area contributed by atoms with Gasteiger partial charge < -0.3 is 0 Å². The molecule has 322 valence electrons. The Bertz CT molecular complexity index is 1980. The van der Waals surface area contributed by atoms with Crippen LogP contribution in [-0.2, 0) is 40.9 Å². The Morgan fingerprint density at radius 2 is 0.638 bits per heavy atom. The van der Waals surface area contributed by atoms with E-state index in [1.165, 1.54) is 107 Å². The lowest BCUT2D eigenvalue weighted by Gasteiger charge is -2.30. The number of benzene rings is 4. The van der Waals surface area contributed by atoms with Crippen molar-refractivity contribution < 1.29 is 0 Å². The zero-order chi connectivity index (χ0) is 45.0. The molecule has 0 N–H and O–H groups in total. The minimum absolute atomic E-state index is 0.0756. The lowest BCUT2D eigenvalue weighted by molar-refractivity contribution is 0.559. The number of hydrogen-bond acceptors (Lipinski definition) is 0. The molecule has 0 heterocycles. The van der Waals surface area contributed by atoms with Crippen LogP contribution in [0, 0.1) is 48.5 Å². The van der Waals surface area contributed by atoms with Crippen molar-refractivity contribution in [2.75, 3.05) is 0 Å². The molecule has 4 rings (SSSR count). The highest BCUT2D eigenvalue weighted by molar-refractivity contribution is 5.57. The molecule has 4 aromatic rings. The number of hydrogen-bond donors (Lipinski definition) is 0. The predicted octanol–water partition coefficient (Wildman–Crippen LogP) is 17.4. The molecule has 0 spiro atoms. The van der Waals surface area contributed by atoms with Gasteiger partial charge in [0.2, 0.25) is 0 Å². The summed E-state index contributed by atoms with van der Waals surface area (Å²) in [6.07, 6.45) is 4.10. The molecule has 0 aliphatic rings. The van der Waals surface area contributed by atoms with Gasteiger partial charge in [-0.2, -0.15) is 0 Å². The lowest BCUT2D eigenvalue weighted by Crippen LogP contribution is -2.20. The lowest BCUT2D eigenvalue weighted by atomic mass is 9.74. The maximum atomic E-state index is 2.53. The fourth-order valence-electron chi connectivity index (χ4n) is 9.33. The maximum absolute atomic E-state index is 2.53. The molecule has 0 saturated carbocycles. The molecule has 0 bridgehead atoms. The van der Waals surface area contributed by atoms with Gasteiger partial charge in [-0.25, -0.2) is 0 Å². The van der Waals surface area contributed by atoms with E-state index in [0.717, 1.165) is 19.3 Å². The van der Waals surface area contributed by atoms with Crippen LogP contribution in [-0.4, -0.2) is 0 Å². The molecule has 0 saturated heterocycles. The van der Waals surface area contributed by atoms with Gasteiger partial charge in [0.05, 0.1) is 0 Å². The van der Waals surface area contributed by atoms with Crippen molar-refractivity contribution in [3.63, 3.8) is 0 Å². The summed E-state index contributed by atoms with van der Waals surface area (Å²) >= 11 is 0. The smallest absolute Gasteiger partial charge is 0.00201 e. The van der Waals surface area contributed by atoms with Gasteiger partial charge in [-0.05, 0) is 195 Å². The zero-order valence-electron chi connectivity index (χ0n) is 42.9. The average molecular weight is 787 g/mol. The molecule has 0 atom stereocenters. The molecule has 0 aromatic heterocycles. The molecule has 0 radical (unpaired) electrons. The topological polar surface area (TPSA) is 0 Å². The second-order valence-corrected chi connectivity index (χ2v) is 22.0. The Labute approximate surface area is 361 Å². The van der Waals surface area contributed by atoms with Crippen LogP contribution >= 0.6 is 0 Å². The fraction of sp³-hybridized carbons (Fsp3) is 0.586. The molecule has 0 nitrogen and oxygen atoms in total. The minimum Gasteiger partial charge on any atom is -0.0683 e. The van der Waals surface area contributed by atoms with Crippen LogP contribution < -0.4 is 0 Å². The third kappa shape index (κ3) is 12.0. The first-order valence-corrected chi connectivity index (χ1v) is 22.9. The van der Waals surface area contributed by atoms with E-state index in [1.807, 2.05) is 13.8 Å². The average Bonchev–Trinajstić information content (AvgIpc) is 3.08. The van der Waals surface area contributed by atoms with E-state index in [2.05, 4.69) is 196 Å². The SMILES string of the molecule is CC.CCC.Cc1cc(Cc2c(C)c(Cc3cc(C(C)C)c(C)c(C(C)(C)C)c3)c(C)c(Cc3cc(C(C)(C)C)c(C)c(C(C)(C)C)c3)c2C)cc(C(C)(C)C)c1C.